The zero-order valence-corrected chi connectivity index (χ0v) is 28.0. The van der Waals surface area contributed by atoms with Crippen LogP contribution in [0, 0.1) is 20.2 Å². The van der Waals surface area contributed by atoms with Gasteiger partial charge in [0.2, 0.25) is 0 Å². The van der Waals surface area contributed by atoms with Crippen molar-refractivity contribution < 1.29 is 14.6 Å². The molecule has 0 spiro atoms. The number of nitro benzene ring substituents is 2. The molecule has 250 valence electrons. The van der Waals surface area contributed by atoms with Crippen molar-refractivity contribution in [1.82, 2.24) is 20.1 Å². The van der Waals surface area contributed by atoms with E-state index in [4.69, 9.17) is 4.74 Å². The van der Waals surface area contributed by atoms with Crippen LogP contribution in [0.1, 0.15) is 31.0 Å². The number of ether oxygens (including phenoxy) is 1. The molecule has 4 aromatic carbocycles. The number of nitrogens with zero attached hydrogens (tertiary/aromatic N) is 5. The SMILES string of the molecule is CC(CN(C)C)NC1c2ccccc2Oc2cccc([N+](=O)[O-])c21.CC(CN(C)C)Nc1c2ccccc2nc2cccc([N+](=O)[O-])c12. The van der Waals surface area contributed by atoms with Crippen LogP contribution in [0.2, 0.25) is 0 Å². The van der Waals surface area contributed by atoms with Gasteiger partial charge in [0, 0.05) is 48.3 Å². The summed E-state index contributed by atoms with van der Waals surface area (Å²) < 4.78 is 5.91. The van der Waals surface area contributed by atoms with Gasteiger partial charge < -0.3 is 25.2 Å². The van der Waals surface area contributed by atoms with Gasteiger partial charge in [0.05, 0.1) is 38.2 Å². The van der Waals surface area contributed by atoms with Gasteiger partial charge in [-0.1, -0.05) is 48.5 Å². The lowest BCUT2D eigenvalue weighted by molar-refractivity contribution is -0.385. The summed E-state index contributed by atoms with van der Waals surface area (Å²) >= 11 is 0. The third-order valence-electron chi connectivity index (χ3n) is 7.98. The second-order valence-electron chi connectivity index (χ2n) is 12.6. The molecule has 48 heavy (non-hydrogen) atoms. The van der Waals surface area contributed by atoms with Crippen LogP contribution in [0.25, 0.3) is 21.8 Å². The lowest BCUT2D eigenvalue weighted by Crippen LogP contribution is -2.39. The van der Waals surface area contributed by atoms with E-state index in [0.717, 1.165) is 41.0 Å². The van der Waals surface area contributed by atoms with E-state index in [2.05, 4.69) is 39.3 Å². The number of non-ortho nitro benzene ring substituents is 1. The Morgan fingerprint density at radius 3 is 2.04 bits per heavy atom. The molecule has 0 aliphatic carbocycles. The number of anilines is 1. The predicted octanol–water partition coefficient (Wildman–Crippen LogP) is 6.99. The van der Waals surface area contributed by atoms with Crippen LogP contribution in [-0.4, -0.2) is 78.0 Å². The maximum Gasteiger partial charge on any atom is 0.280 e. The Kier molecular flexibility index (Phi) is 10.5. The Bertz CT molecular complexity index is 1950. The van der Waals surface area contributed by atoms with E-state index in [1.807, 2.05) is 82.8 Å². The van der Waals surface area contributed by atoms with Crippen molar-refractivity contribution in [3.8, 4) is 11.5 Å². The van der Waals surface area contributed by atoms with Crippen molar-refractivity contribution in [2.24, 2.45) is 0 Å². The summed E-state index contributed by atoms with van der Waals surface area (Å²) in [6.07, 6.45) is 0. The largest absolute Gasteiger partial charge is 0.456 e. The van der Waals surface area contributed by atoms with Gasteiger partial charge in [-0.15, -0.1) is 0 Å². The Balaban J connectivity index is 0.000000188. The van der Waals surface area contributed by atoms with Crippen LogP contribution in [0.15, 0.2) is 84.9 Å². The minimum absolute atomic E-state index is 0.0744. The maximum absolute atomic E-state index is 11.5. The number of fused-ring (bicyclic) bond motifs is 4. The molecule has 1 aliphatic heterocycles. The first-order valence-electron chi connectivity index (χ1n) is 15.8. The first kappa shape index (κ1) is 34.2. The second kappa shape index (κ2) is 14.7. The zero-order valence-electron chi connectivity index (χ0n) is 28.0. The molecule has 2 N–H and O–H groups in total. The van der Waals surface area contributed by atoms with Crippen molar-refractivity contribution in [1.29, 1.82) is 0 Å². The minimum Gasteiger partial charge on any atom is -0.456 e. The van der Waals surface area contributed by atoms with Crippen LogP contribution in [0.5, 0.6) is 11.5 Å². The Morgan fingerprint density at radius 1 is 0.750 bits per heavy atom. The summed E-state index contributed by atoms with van der Waals surface area (Å²) in [6.45, 7) is 5.79. The van der Waals surface area contributed by atoms with Crippen molar-refractivity contribution in [3.63, 3.8) is 0 Å². The summed E-state index contributed by atoms with van der Waals surface area (Å²) in [7, 11) is 8.02. The normalized spacial score (nSPS) is 14.8. The van der Waals surface area contributed by atoms with Crippen molar-refractivity contribution in [2.45, 2.75) is 32.0 Å². The molecule has 6 rings (SSSR count). The van der Waals surface area contributed by atoms with Crippen molar-refractivity contribution in [2.75, 3.05) is 46.6 Å². The summed E-state index contributed by atoms with van der Waals surface area (Å²) in [6, 6.07) is 25.4. The third-order valence-corrected chi connectivity index (χ3v) is 7.98. The average molecular weight is 652 g/mol. The number of hydrogen-bond donors (Lipinski definition) is 2. The van der Waals surface area contributed by atoms with E-state index < -0.39 is 0 Å². The fraction of sp³-hybridized carbons (Fsp3) is 0.306. The predicted molar refractivity (Wildman–Crippen MR) is 190 cm³/mol. The number of pyridine rings is 1. The number of aromatic nitrogens is 1. The van der Waals surface area contributed by atoms with Gasteiger partial charge in [-0.2, -0.15) is 0 Å². The van der Waals surface area contributed by atoms with Gasteiger partial charge in [-0.05, 0) is 66.3 Å². The Morgan fingerprint density at radius 2 is 1.33 bits per heavy atom. The molecule has 0 saturated heterocycles. The maximum atomic E-state index is 11.5. The van der Waals surface area contributed by atoms with E-state index in [9.17, 15) is 20.2 Å². The number of hydrogen-bond acceptors (Lipinski definition) is 10. The van der Waals surface area contributed by atoms with E-state index in [-0.39, 0.29) is 39.3 Å². The Hall–Kier alpha value is -5.17. The van der Waals surface area contributed by atoms with Crippen LogP contribution in [0.4, 0.5) is 17.1 Å². The highest BCUT2D eigenvalue weighted by Gasteiger charge is 2.34. The fourth-order valence-electron chi connectivity index (χ4n) is 6.28. The minimum atomic E-state index is -0.347. The van der Waals surface area contributed by atoms with Gasteiger partial charge >= 0.3 is 0 Å². The van der Waals surface area contributed by atoms with Crippen LogP contribution in [0.3, 0.4) is 0 Å². The van der Waals surface area contributed by atoms with Crippen LogP contribution < -0.4 is 15.4 Å². The lowest BCUT2D eigenvalue weighted by Gasteiger charge is -2.31. The average Bonchev–Trinajstić information content (AvgIpc) is 3.03. The van der Waals surface area contributed by atoms with Crippen molar-refractivity contribution >= 4 is 38.9 Å². The number of benzene rings is 4. The molecule has 2 heterocycles. The molecule has 3 atom stereocenters. The first-order valence-corrected chi connectivity index (χ1v) is 15.8. The summed E-state index contributed by atoms with van der Waals surface area (Å²) in [5.41, 5.74) is 3.89. The van der Waals surface area contributed by atoms with Gasteiger partial charge in [0.1, 0.15) is 16.9 Å². The van der Waals surface area contributed by atoms with Crippen molar-refractivity contribution in [3.05, 3.63) is 116 Å². The van der Waals surface area contributed by atoms with Gasteiger partial charge in [-0.3, -0.25) is 20.2 Å². The number of nitrogens with one attached hydrogen (secondary N) is 2. The summed E-state index contributed by atoms with van der Waals surface area (Å²) in [4.78, 5) is 31.1. The second-order valence-corrected chi connectivity index (χ2v) is 12.6. The Labute approximate surface area is 279 Å². The van der Waals surface area contributed by atoms with E-state index in [1.165, 1.54) is 12.1 Å². The number of rotatable bonds is 10. The highest BCUT2D eigenvalue weighted by atomic mass is 16.6. The molecule has 0 bridgehead atoms. The molecule has 0 amide bonds. The number of likely N-dealkylation sites (N-methyl/N-ethyl adjacent to an activating group) is 2. The summed E-state index contributed by atoms with van der Waals surface area (Å²) in [5, 5.41) is 31.5. The smallest absolute Gasteiger partial charge is 0.280 e. The topological polar surface area (TPSA) is 139 Å². The molecule has 3 unspecified atom stereocenters. The van der Waals surface area contributed by atoms with Gasteiger partial charge in [-0.25, -0.2) is 4.98 Å². The molecule has 5 aromatic rings. The zero-order chi connectivity index (χ0) is 34.5. The molecular formula is C36H41N7O5. The lowest BCUT2D eigenvalue weighted by atomic mass is 9.92. The molecule has 0 saturated carbocycles. The van der Waals surface area contributed by atoms with E-state index >= 15 is 0 Å². The molecule has 1 aliphatic rings. The number of para-hydroxylation sites is 2. The number of nitro groups is 2. The standard InChI is InChI=1S/C18H20N4O2.C18H21N3O3/c1-12(11-21(2)3)19-18-13-7-4-5-8-14(13)20-15-9-6-10-16(17(15)18)22(23)24;1-12(11-20(2)3)19-18-13-7-4-5-9-15(13)24-16-10-6-8-14(17(16)18)21(22)23/h4-10,12H,11H2,1-3H3,(H,19,20);4-10,12,18-19H,11H2,1-3H3. The molecule has 12 nitrogen and oxygen atoms in total. The summed E-state index contributed by atoms with van der Waals surface area (Å²) in [5.74, 6) is 1.28. The molecule has 12 heteroatoms. The highest BCUT2D eigenvalue weighted by Crippen LogP contribution is 2.46. The van der Waals surface area contributed by atoms with Gasteiger partial charge in [0.25, 0.3) is 11.4 Å². The first-order chi connectivity index (χ1) is 22.9. The third kappa shape index (κ3) is 7.52. The molecule has 0 radical (unpaired) electrons. The van der Waals surface area contributed by atoms with E-state index in [1.54, 1.807) is 18.2 Å². The van der Waals surface area contributed by atoms with Crippen LogP contribution in [-0.2, 0) is 0 Å². The highest BCUT2D eigenvalue weighted by molar-refractivity contribution is 6.11. The quantitative estimate of drug-likeness (QED) is 0.0923. The fourth-order valence-corrected chi connectivity index (χ4v) is 6.28. The van der Waals surface area contributed by atoms with E-state index in [0.29, 0.717) is 22.2 Å². The van der Waals surface area contributed by atoms with Gasteiger partial charge in [0.15, 0.2) is 0 Å². The molecular weight excluding hydrogens is 610 g/mol. The molecule has 0 fully saturated rings. The monoisotopic (exact) mass is 651 g/mol. The molecule has 1 aromatic heterocycles. The van der Waals surface area contributed by atoms with Crippen LogP contribution >= 0.6 is 0 Å².